The van der Waals surface area contributed by atoms with Gasteiger partial charge >= 0.3 is 0 Å². The molecular formula is C20H18N8O4. The second-order valence-corrected chi connectivity index (χ2v) is 6.59. The van der Waals surface area contributed by atoms with Gasteiger partial charge in [-0.3, -0.25) is 4.79 Å². The minimum absolute atomic E-state index is 0.0243. The first-order chi connectivity index (χ1) is 15.5. The molecule has 0 aliphatic carbocycles. The average Bonchev–Trinajstić information content (AvgIpc) is 3.43. The third-order valence-corrected chi connectivity index (χ3v) is 4.51. The van der Waals surface area contributed by atoms with Gasteiger partial charge < -0.3 is 15.6 Å². The van der Waals surface area contributed by atoms with Crippen LogP contribution >= 0.6 is 0 Å². The van der Waals surface area contributed by atoms with Crippen LogP contribution in [-0.4, -0.2) is 49.1 Å². The Kier molecular flexibility index (Phi) is 5.49. The van der Waals surface area contributed by atoms with Crippen LogP contribution in [0.2, 0.25) is 0 Å². The molecule has 0 bridgehead atoms. The Labute approximate surface area is 181 Å². The average molecular weight is 434 g/mol. The van der Waals surface area contributed by atoms with Crippen molar-refractivity contribution in [1.82, 2.24) is 30.7 Å². The van der Waals surface area contributed by atoms with E-state index in [0.29, 0.717) is 22.6 Å². The number of nitrogen functional groups attached to an aromatic ring is 1. The van der Waals surface area contributed by atoms with E-state index in [-0.39, 0.29) is 28.8 Å². The zero-order chi connectivity index (χ0) is 22.7. The fraction of sp³-hybridized carbons (Fsp3) is 0.100. The van der Waals surface area contributed by atoms with Crippen molar-refractivity contribution in [3.05, 3.63) is 59.8 Å². The number of hydrogen-bond acceptors (Lipinski definition) is 10. The number of nitrogens with two attached hydrogens (primary N) is 1. The van der Waals surface area contributed by atoms with Crippen LogP contribution in [0.15, 0.2) is 58.3 Å². The summed E-state index contributed by atoms with van der Waals surface area (Å²) in [6.45, 7) is 1.69. The number of nitrogens with zero attached hydrogens (tertiary/aromatic N) is 6. The number of nitrogens with one attached hydrogen (secondary N) is 1. The number of benzene rings is 2. The van der Waals surface area contributed by atoms with Gasteiger partial charge in [0.1, 0.15) is 17.2 Å². The first-order valence-corrected chi connectivity index (χ1v) is 9.30. The fourth-order valence-corrected chi connectivity index (χ4v) is 2.93. The highest BCUT2D eigenvalue weighted by Crippen LogP contribution is 2.29. The highest BCUT2D eigenvalue weighted by Gasteiger charge is 2.25. The summed E-state index contributed by atoms with van der Waals surface area (Å²) in [6.07, 6.45) is 0. The summed E-state index contributed by atoms with van der Waals surface area (Å²) >= 11 is 0. The molecule has 0 aliphatic heterocycles. The number of aromatic nitrogens is 5. The van der Waals surface area contributed by atoms with Crippen LogP contribution in [0.25, 0.3) is 17.1 Å². The van der Waals surface area contributed by atoms with Crippen LogP contribution in [0.5, 0.6) is 11.5 Å². The number of phenolic OH excluding ortho intramolecular Hbond substituents is 1. The molecule has 12 heteroatoms. The minimum Gasteiger partial charge on any atom is -0.508 e. The van der Waals surface area contributed by atoms with Gasteiger partial charge in [0.25, 0.3) is 5.91 Å². The molecule has 4 rings (SSSR count). The monoisotopic (exact) mass is 434 g/mol. The molecule has 0 spiro atoms. The highest BCUT2D eigenvalue weighted by molar-refractivity contribution is 6.02. The van der Waals surface area contributed by atoms with Crippen molar-refractivity contribution >= 4 is 17.4 Å². The molecule has 4 N–H and O–H groups in total. The fourth-order valence-electron chi connectivity index (χ4n) is 2.93. The number of hydrazone groups is 1. The lowest BCUT2D eigenvalue weighted by molar-refractivity contribution is 0.0950. The largest absolute Gasteiger partial charge is 0.508 e. The summed E-state index contributed by atoms with van der Waals surface area (Å²) in [4.78, 5) is 13.0. The van der Waals surface area contributed by atoms with Gasteiger partial charge in [-0.25, -0.2) is 10.1 Å². The van der Waals surface area contributed by atoms with Crippen LogP contribution in [0.3, 0.4) is 0 Å². The summed E-state index contributed by atoms with van der Waals surface area (Å²) in [5.41, 5.74) is 10.2. The summed E-state index contributed by atoms with van der Waals surface area (Å²) in [7, 11) is 1.53. The van der Waals surface area contributed by atoms with E-state index >= 15 is 0 Å². The molecule has 0 atom stereocenters. The third kappa shape index (κ3) is 3.96. The van der Waals surface area contributed by atoms with E-state index in [1.165, 1.54) is 17.9 Å². The number of hydrogen-bond donors (Lipinski definition) is 3. The van der Waals surface area contributed by atoms with Gasteiger partial charge in [-0.2, -0.15) is 9.78 Å². The second kappa shape index (κ2) is 8.55. The molecule has 0 unspecified atom stereocenters. The Hall–Kier alpha value is -4.74. The Balaban J connectivity index is 1.73. The number of amides is 1. The van der Waals surface area contributed by atoms with Crippen molar-refractivity contribution in [2.45, 2.75) is 6.92 Å². The number of carbonyl (C=O) groups is 1. The lowest BCUT2D eigenvalue weighted by atomic mass is 10.1. The maximum atomic E-state index is 13.0. The number of methoxy groups -OCH3 is 1. The van der Waals surface area contributed by atoms with E-state index in [9.17, 15) is 9.90 Å². The molecule has 2 heterocycles. The van der Waals surface area contributed by atoms with Crippen molar-refractivity contribution in [1.29, 1.82) is 0 Å². The number of ether oxygens (including phenoxy) is 1. The summed E-state index contributed by atoms with van der Waals surface area (Å²) in [5, 5.41) is 29.0. The smallest absolute Gasteiger partial charge is 0.294 e. The van der Waals surface area contributed by atoms with Crippen LogP contribution in [-0.2, 0) is 0 Å². The highest BCUT2D eigenvalue weighted by atomic mass is 16.6. The quantitative estimate of drug-likeness (QED) is 0.303. The lowest BCUT2D eigenvalue weighted by Crippen LogP contribution is -2.21. The Morgan fingerprint density at radius 1 is 1.22 bits per heavy atom. The van der Waals surface area contributed by atoms with E-state index in [2.05, 4.69) is 35.8 Å². The Morgan fingerprint density at radius 3 is 2.75 bits per heavy atom. The van der Waals surface area contributed by atoms with Crippen molar-refractivity contribution in [2.24, 2.45) is 5.10 Å². The standard InChI is InChI=1S/C20H18N8O4/c1-11(12-5-3-7-14(29)9-12)22-24-20(30)16-17(13-6-4-8-15(10-13)31-2)28(27-23-16)19-18(21)25-32-26-19/h3-10,29H,1-2H3,(H2,21,25)(H,24,30)/b22-11-. The number of anilines is 1. The van der Waals surface area contributed by atoms with Crippen molar-refractivity contribution in [3.8, 4) is 28.6 Å². The van der Waals surface area contributed by atoms with Gasteiger partial charge in [0.05, 0.1) is 12.8 Å². The zero-order valence-electron chi connectivity index (χ0n) is 17.1. The molecule has 0 fully saturated rings. The predicted molar refractivity (Wildman–Crippen MR) is 113 cm³/mol. The van der Waals surface area contributed by atoms with Gasteiger partial charge in [0.2, 0.25) is 11.6 Å². The summed E-state index contributed by atoms with van der Waals surface area (Å²) in [6, 6.07) is 13.5. The van der Waals surface area contributed by atoms with Gasteiger partial charge in [-0.1, -0.05) is 29.5 Å². The van der Waals surface area contributed by atoms with Crippen LogP contribution in [0.1, 0.15) is 23.0 Å². The Morgan fingerprint density at radius 2 is 2.03 bits per heavy atom. The number of aromatic hydroxyl groups is 1. The topological polar surface area (TPSA) is 167 Å². The molecule has 2 aromatic carbocycles. The molecular weight excluding hydrogens is 416 g/mol. The molecule has 0 saturated carbocycles. The number of carbonyl (C=O) groups excluding carboxylic acids is 1. The van der Waals surface area contributed by atoms with Crippen LogP contribution in [0, 0.1) is 0 Å². The summed E-state index contributed by atoms with van der Waals surface area (Å²) < 4.78 is 11.2. The minimum atomic E-state index is -0.622. The normalized spacial score (nSPS) is 11.4. The number of phenols is 1. The first-order valence-electron chi connectivity index (χ1n) is 9.30. The van der Waals surface area contributed by atoms with Crippen molar-refractivity contribution in [3.63, 3.8) is 0 Å². The second-order valence-electron chi connectivity index (χ2n) is 6.59. The molecule has 2 aromatic heterocycles. The van der Waals surface area contributed by atoms with Crippen LogP contribution in [0.4, 0.5) is 5.82 Å². The van der Waals surface area contributed by atoms with Gasteiger partial charge in [-0.15, -0.1) is 5.10 Å². The third-order valence-electron chi connectivity index (χ3n) is 4.51. The zero-order valence-corrected chi connectivity index (χ0v) is 17.1. The number of rotatable bonds is 6. The predicted octanol–water partition coefficient (Wildman–Crippen LogP) is 1.77. The first kappa shape index (κ1) is 20.5. The van der Waals surface area contributed by atoms with E-state index in [0.717, 1.165) is 0 Å². The SMILES string of the molecule is COc1cccc(-c2c(C(=O)N/N=C(/C)c3cccc(O)c3)nnn2-c2nonc2N)c1. The van der Waals surface area contributed by atoms with Crippen molar-refractivity contribution < 1.29 is 19.3 Å². The maximum Gasteiger partial charge on any atom is 0.294 e. The van der Waals surface area contributed by atoms with Crippen LogP contribution < -0.4 is 15.9 Å². The van der Waals surface area contributed by atoms with E-state index in [4.69, 9.17) is 10.5 Å². The van der Waals surface area contributed by atoms with Gasteiger partial charge in [0, 0.05) is 11.1 Å². The molecule has 12 nitrogen and oxygen atoms in total. The van der Waals surface area contributed by atoms with E-state index in [1.807, 2.05) is 0 Å². The molecule has 1 amide bonds. The van der Waals surface area contributed by atoms with E-state index < -0.39 is 5.91 Å². The van der Waals surface area contributed by atoms with Gasteiger partial charge in [0.15, 0.2) is 5.69 Å². The molecule has 32 heavy (non-hydrogen) atoms. The molecule has 0 aliphatic rings. The molecule has 162 valence electrons. The van der Waals surface area contributed by atoms with E-state index in [1.54, 1.807) is 49.4 Å². The molecule has 4 aromatic rings. The Bertz CT molecular complexity index is 1310. The maximum absolute atomic E-state index is 13.0. The summed E-state index contributed by atoms with van der Waals surface area (Å²) in [5.74, 6) is 0.0808. The molecule has 0 saturated heterocycles. The lowest BCUT2D eigenvalue weighted by Gasteiger charge is -2.08. The molecule has 0 radical (unpaired) electrons. The van der Waals surface area contributed by atoms with Gasteiger partial charge in [-0.05, 0) is 41.5 Å². The van der Waals surface area contributed by atoms with Crippen molar-refractivity contribution in [2.75, 3.05) is 12.8 Å².